The summed E-state index contributed by atoms with van der Waals surface area (Å²) in [6, 6.07) is 13.6. The minimum Gasteiger partial charge on any atom is -0.465 e. The Bertz CT molecular complexity index is 871. The third-order valence-corrected chi connectivity index (χ3v) is 5.04. The molecule has 0 saturated carbocycles. The number of nitrogens with one attached hydrogen (secondary N) is 2. The lowest BCUT2D eigenvalue weighted by Crippen LogP contribution is -2.51. The summed E-state index contributed by atoms with van der Waals surface area (Å²) in [5, 5.41) is 6.00. The van der Waals surface area contributed by atoms with E-state index in [-0.39, 0.29) is 12.3 Å². The number of amides is 2. The fourth-order valence-corrected chi connectivity index (χ4v) is 3.26. The monoisotopic (exact) mass is 404 g/mol. The van der Waals surface area contributed by atoms with Crippen molar-refractivity contribution < 1.29 is 14.3 Å². The molecule has 7 heteroatoms. The molecule has 2 amide bonds. The Morgan fingerprint density at radius 1 is 1.11 bits per heavy atom. The lowest BCUT2D eigenvalue weighted by atomic mass is 9.89. The van der Waals surface area contributed by atoms with Gasteiger partial charge in [0.05, 0.1) is 22.7 Å². The van der Waals surface area contributed by atoms with E-state index in [4.69, 9.17) is 27.9 Å². The van der Waals surface area contributed by atoms with E-state index in [0.29, 0.717) is 22.0 Å². The highest BCUT2D eigenvalue weighted by Gasteiger charge is 2.39. The molecular formula is C20H18Cl2N2O3. The Hall–Kier alpha value is -2.50. The van der Waals surface area contributed by atoms with Crippen LogP contribution < -0.4 is 10.6 Å². The average molecular weight is 405 g/mol. The second-order valence-electron chi connectivity index (χ2n) is 6.16. The van der Waals surface area contributed by atoms with Crippen LogP contribution in [0.1, 0.15) is 17.2 Å². The smallest absolute Gasteiger partial charge is 0.319 e. The van der Waals surface area contributed by atoms with Crippen molar-refractivity contribution in [1.29, 1.82) is 0 Å². The van der Waals surface area contributed by atoms with Gasteiger partial charge in [-0.3, -0.25) is 4.79 Å². The van der Waals surface area contributed by atoms with Gasteiger partial charge in [-0.05, 0) is 23.3 Å². The Labute approximate surface area is 167 Å². The summed E-state index contributed by atoms with van der Waals surface area (Å²) in [4.78, 5) is 24.6. The van der Waals surface area contributed by atoms with E-state index >= 15 is 0 Å². The fourth-order valence-electron chi connectivity index (χ4n) is 2.95. The van der Waals surface area contributed by atoms with E-state index in [2.05, 4.69) is 17.2 Å². The SMILES string of the molecule is C=C1NC(=O)NC(c2ccc(Cl)c(Cl)c2)C1C(=O)OCCc1ccccc1. The molecule has 2 atom stereocenters. The molecule has 2 unspecified atom stereocenters. The molecule has 2 aromatic rings. The standard InChI is InChI=1S/C20H18Cl2N2O3/c1-12-17(19(25)27-10-9-13-5-3-2-4-6-13)18(24-20(26)23-12)14-7-8-15(21)16(22)11-14/h2-8,11,17-18H,1,9-10H2,(H2,23,24,26). The summed E-state index contributed by atoms with van der Waals surface area (Å²) in [5.41, 5.74) is 1.99. The number of hydrogen-bond donors (Lipinski definition) is 2. The van der Waals surface area contributed by atoms with Crippen LogP contribution in [0, 0.1) is 5.92 Å². The fraction of sp³-hybridized carbons (Fsp3) is 0.200. The number of halogens is 2. The van der Waals surface area contributed by atoms with Gasteiger partial charge >= 0.3 is 12.0 Å². The number of ether oxygens (including phenoxy) is 1. The van der Waals surface area contributed by atoms with Gasteiger partial charge in [-0.2, -0.15) is 0 Å². The molecule has 0 radical (unpaired) electrons. The van der Waals surface area contributed by atoms with Crippen LogP contribution in [0.4, 0.5) is 4.79 Å². The van der Waals surface area contributed by atoms with Crippen LogP contribution in [-0.4, -0.2) is 18.6 Å². The zero-order valence-corrected chi connectivity index (χ0v) is 15.9. The number of rotatable bonds is 5. The molecule has 5 nitrogen and oxygen atoms in total. The van der Waals surface area contributed by atoms with Crippen LogP contribution in [0.3, 0.4) is 0 Å². The number of carbonyl (C=O) groups excluding carboxylic acids is 2. The molecule has 0 aromatic heterocycles. The van der Waals surface area contributed by atoms with E-state index in [0.717, 1.165) is 5.56 Å². The molecule has 1 saturated heterocycles. The second kappa shape index (κ2) is 8.46. The molecule has 2 N–H and O–H groups in total. The highest BCUT2D eigenvalue weighted by atomic mass is 35.5. The number of urea groups is 1. The van der Waals surface area contributed by atoms with Gasteiger partial charge in [0, 0.05) is 12.1 Å². The van der Waals surface area contributed by atoms with Gasteiger partial charge < -0.3 is 15.4 Å². The van der Waals surface area contributed by atoms with Crippen molar-refractivity contribution in [3.8, 4) is 0 Å². The Morgan fingerprint density at radius 3 is 2.56 bits per heavy atom. The van der Waals surface area contributed by atoms with Gasteiger partial charge in [0.15, 0.2) is 0 Å². The molecule has 1 aliphatic rings. The number of benzene rings is 2. The summed E-state index contributed by atoms with van der Waals surface area (Å²) >= 11 is 12.0. The Kier molecular flexibility index (Phi) is 6.04. The van der Waals surface area contributed by atoms with Gasteiger partial charge in [-0.15, -0.1) is 0 Å². The van der Waals surface area contributed by atoms with Crippen molar-refractivity contribution in [2.45, 2.75) is 12.5 Å². The Balaban J connectivity index is 1.74. The molecule has 0 aliphatic carbocycles. The molecular weight excluding hydrogens is 387 g/mol. The van der Waals surface area contributed by atoms with Gasteiger partial charge in [-0.1, -0.05) is 66.2 Å². The Morgan fingerprint density at radius 2 is 1.85 bits per heavy atom. The van der Waals surface area contributed by atoms with Crippen molar-refractivity contribution in [1.82, 2.24) is 10.6 Å². The third-order valence-electron chi connectivity index (χ3n) is 4.30. The average Bonchev–Trinajstić information content (AvgIpc) is 2.64. The highest BCUT2D eigenvalue weighted by molar-refractivity contribution is 6.42. The van der Waals surface area contributed by atoms with Crippen LogP contribution in [-0.2, 0) is 16.0 Å². The number of esters is 1. The number of carbonyl (C=O) groups is 2. The van der Waals surface area contributed by atoms with Crippen LogP contribution in [0.25, 0.3) is 0 Å². The van der Waals surface area contributed by atoms with Gasteiger partial charge in [0.2, 0.25) is 0 Å². The zero-order chi connectivity index (χ0) is 19.4. The number of hydrogen-bond acceptors (Lipinski definition) is 3. The van der Waals surface area contributed by atoms with Gasteiger partial charge in [0.25, 0.3) is 0 Å². The van der Waals surface area contributed by atoms with E-state index in [1.54, 1.807) is 18.2 Å². The second-order valence-corrected chi connectivity index (χ2v) is 6.97. The summed E-state index contributed by atoms with van der Waals surface area (Å²) in [7, 11) is 0. The lowest BCUT2D eigenvalue weighted by molar-refractivity contribution is -0.148. The summed E-state index contributed by atoms with van der Waals surface area (Å²) < 4.78 is 5.45. The lowest BCUT2D eigenvalue weighted by Gasteiger charge is -2.33. The first-order valence-corrected chi connectivity index (χ1v) is 9.13. The minimum absolute atomic E-state index is 0.231. The first kappa shape index (κ1) is 19.3. The van der Waals surface area contributed by atoms with E-state index in [1.807, 2.05) is 30.3 Å². The summed E-state index contributed by atoms with van der Waals surface area (Å²) in [6.45, 7) is 4.05. The van der Waals surface area contributed by atoms with E-state index in [9.17, 15) is 9.59 Å². The minimum atomic E-state index is -0.782. The normalized spacial score (nSPS) is 19.2. The summed E-state index contributed by atoms with van der Waals surface area (Å²) in [6.07, 6.45) is 0.600. The predicted octanol–water partition coefficient (Wildman–Crippen LogP) is 4.26. The van der Waals surface area contributed by atoms with Crippen molar-refractivity contribution in [3.05, 3.63) is 82.0 Å². The van der Waals surface area contributed by atoms with Gasteiger partial charge in [0.1, 0.15) is 5.92 Å². The molecule has 0 spiro atoms. The first-order chi connectivity index (χ1) is 13.0. The maximum absolute atomic E-state index is 12.7. The largest absolute Gasteiger partial charge is 0.465 e. The van der Waals surface area contributed by atoms with Crippen LogP contribution in [0.15, 0.2) is 60.8 Å². The van der Waals surface area contributed by atoms with E-state index < -0.39 is 24.0 Å². The van der Waals surface area contributed by atoms with Crippen LogP contribution in [0.2, 0.25) is 10.0 Å². The maximum atomic E-state index is 12.7. The molecule has 3 rings (SSSR count). The molecule has 0 bridgehead atoms. The molecule has 1 heterocycles. The van der Waals surface area contributed by atoms with Crippen molar-refractivity contribution in [2.75, 3.05) is 6.61 Å². The van der Waals surface area contributed by atoms with Crippen molar-refractivity contribution >= 4 is 35.2 Å². The van der Waals surface area contributed by atoms with Crippen LogP contribution >= 0.6 is 23.2 Å². The maximum Gasteiger partial charge on any atom is 0.319 e. The molecule has 1 aliphatic heterocycles. The van der Waals surface area contributed by atoms with E-state index in [1.165, 1.54) is 0 Å². The molecule has 1 fully saturated rings. The molecule has 140 valence electrons. The van der Waals surface area contributed by atoms with Crippen LogP contribution in [0.5, 0.6) is 0 Å². The quantitative estimate of drug-likeness (QED) is 0.731. The van der Waals surface area contributed by atoms with Gasteiger partial charge in [-0.25, -0.2) is 4.79 Å². The predicted molar refractivity (Wildman–Crippen MR) is 105 cm³/mol. The third kappa shape index (κ3) is 4.62. The summed E-state index contributed by atoms with van der Waals surface area (Å²) in [5.74, 6) is -1.25. The van der Waals surface area contributed by atoms with Crippen molar-refractivity contribution in [3.63, 3.8) is 0 Å². The molecule has 2 aromatic carbocycles. The van der Waals surface area contributed by atoms with Crippen molar-refractivity contribution in [2.24, 2.45) is 5.92 Å². The topological polar surface area (TPSA) is 67.4 Å². The zero-order valence-electron chi connectivity index (χ0n) is 14.4. The first-order valence-electron chi connectivity index (χ1n) is 8.37. The highest BCUT2D eigenvalue weighted by Crippen LogP contribution is 2.33. The molecule has 27 heavy (non-hydrogen) atoms.